The number of hydrogen-bond acceptors (Lipinski definition) is 4. The van der Waals surface area contributed by atoms with Gasteiger partial charge in [0.1, 0.15) is 10.6 Å². The molecule has 0 saturated carbocycles. The molecule has 0 saturated heterocycles. The predicted molar refractivity (Wildman–Crippen MR) is 79.3 cm³/mol. The molecule has 0 aliphatic heterocycles. The number of methoxy groups -OCH3 is 1. The quantitative estimate of drug-likeness (QED) is 0.744. The number of benzene rings is 1. The molecular formula is C14H21NO5S. The molecule has 0 unspecified atom stereocenters. The summed E-state index contributed by atoms with van der Waals surface area (Å²) >= 11 is 0. The van der Waals surface area contributed by atoms with E-state index in [-0.39, 0.29) is 16.2 Å². The molecule has 21 heavy (non-hydrogen) atoms. The maximum Gasteiger partial charge on any atom is 0.335 e. The van der Waals surface area contributed by atoms with Crippen LogP contribution in [0.4, 0.5) is 0 Å². The third kappa shape index (κ3) is 4.18. The molecule has 0 fully saturated rings. The van der Waals surface area contributed by atoms with Crippen molar-refractivity contribution >= 4 is 16.0 Å². The SMILES string of the molecule is CCCCCN(C)S(=O)(=O)c1ccc(C(=O)O)cc1OC. The molecule has 0 amide bonds. The van der Waals surface area contributed by atoms with Crippen molar-refractivity contribution in [3.8, 4) is 5.75 Å². The van der Waals surface area contributed by atoms with Gasteiger partial charge in [0.2, 0.25) is 10.0 Å². The lowest BCUT2D eigenvalue weighted by atomic mass is 10.2. The van der Waals surface area contributed by atoms with Crippen LogP contribution in [0.5, 0.6) is 5.75 Å². The summed E-state index contributed by atoms with van der Waals surface area (Å²) in [7, 11) is -0.863. The zero-order chi connectivity index (χ0) is 16.0. The highest BCUT2D eigenvalue weighted by Gasteiger charge is 2.25. The minimum Gasteiger partial charge on any atom is -0.495 e. The topological polar surface area (TPSA) is 83.9 Å². The Morgan fingerprint density at radius 3 is 2.52 bits per heavy atom. The zero-order valence-corrected chi connectivity index (χ0v) is 13.3. The Hall–Kier alpha value is -1.60. The summed E-state index contributed by atoms with van der Waals surface area (Å²) in [5.41, 5.74) is -0.0144. The minimum absolute atomic E-state index is 0.0144. The molecule has 1 aromatic rings. The highest BCUT2D eigenvalue weighted by Crippen LogP contribution is 2.27. The van der Waals surface area contributed by atoms with Crippen LogP contribution in [0.3, 0.4) is 0 Å². The van der Waals surface area contributed by atoms with E-state index in [2.05, 4.69) is 0 Å². The molecule has 0 aliphatic rings. The minimum atomic E-state index is -3.69. The summed E-state index contributed by atoms with van der Waals surface area (Å²) in [5.74, 6) is -1.09. The van der Waals surface area contributed by atoms with Crippen molar-refractivity contribution in [2.24, 2.45) is 0 Å². The number of unbranched alkanes of at least 4 members (excludes halogenated alkanes) is 2. The first-order chi connectivity index (χ1) is 9.84. The monoisotopic (exact) mass is 315 g/mol. The molecule has 0 heterocycles. The van der Waals surface area contributed by atoms with Gasteiger partial charge in [-0.05, 0) is 24.6 Å². The number of hydrogen-bond donors (Lipinski definition) is 1. The first-order valence-electron chi connectivity index (χ1n) is 6.72. The van der Waals surface area contributed by atoms with Crippen LogP contribution in [0.2, 0.25) is 0 Å². The van der Waals surface area contributed by atoms with Crippen LogP contribution in [0.15, 0.2) is 23.1 Å². The summed E-state index contributed by atoms with van der Waals surface area (Å²) in [6.07, 6.45) is 2.74. The van der Waals surface area contributed by atoms with Crippen LogP contribution in [0, 0.1) is 0 Å². The number of nitrogens with zero attached hydrogens (tertiary/aromatic N) is 1. The number of ether oxygens (including phenoxy) is 1. The van der Waals surface area contributed by atoms with Gasteiger partial charge < -0.3 is 9.84 Å². The number of carboxylic acid groups (broad SMARTS) is 1. The number of sulfonamides is 1. The molecule has 1 aromatic carbocycles. The van der Waals surface area contributed by atoms with E-state index in [0.717, 1.165) is 19.3 Å². The zero-order valence-electron chi connectivity index (χ0n) is 12.5. The van der Waals surface area contributed by atoms with E-state index in [0.29, 0.717) is 6.54 Å². The van der Waals surface area contributed by atoms with E-state index < -0.39 is 16.0 Å². The first kappa shape index (κ1) is 17.5. The number of carboxylic acids is 1. The standard InChI is InChI=1S/C14H21NO5S/c1-4-5-6-9-15(2)21(18,19)13-8-7-11(14(16)17)10-12(13)20-3/h7-8,10H,4-6,9H2,1-3H3,(H,16,17). The van der Waals surface area contributed by atoms with Gasteiger partial charge in [-0.15, -0.1) is 0 Å². The average molecular weight is 315 g/mol. The largest absolute Gasteiger partial charge is 0.495 e. The highest BCUT2D eigenvalue weighted by atomic mass is 32.2. The Morgan fingerprint density at radius 2 is 2.00 bits per heavy atom. The summed E-state index contributed by atoms with van der Waals surface area (Å²) in [6, 6.07) is 3.75. The molecule has 0 spiro atoms. The van der Waals surface area contributed by atoms with Crippen molar-refractivity contribution in [1.29, 1.82) is 0 Å². The molecule has 118 valence electrons. The third-order valence-electron chi connectivity index (χ3n) is 3.18. The Morgan fingerprint density at radius 1 is 1.33 bits per heavy atom. The van der Waals surface area contributed by atoms with E-state index in [1.807, 2.05) is 6.92 Å². The van der Waals surface area contributed by atoms with Gasteiger partial charge in [-0.25, -0.2) is 17.5 Å². The van der Waals surface area contributed by atoms with E-state index >= 15 is 0 Å². The van der Waals surface area contributed by atoms with Gasteiger partial charge in [0.15, 0.2) is 0 Å². The maximum absolute atomic E-state index is 12.5. The summed E-state index contributed by atoms with van der Waals surface area (Å²) in [6.45, 7) is 2.46. The maximum atomic E-state index is 12.5. The van der Waals surface area contributed by atoms with E-state index in [1.165, 1.54) is 36.7 Å². The van der Waals surface area contributed by atoms with Crippen molar-refractivity contribution in [3.05, 3.63) is 23.8 Å². The lowest BCUT2D eigenvalue weighted by molar-refractivity contribution is 0.0696. The van der Waals surface area contributed by atoms with Crippen LogP contribution < -0.4 is 4.74 Å². The van der Waals surface area contributed by atoms with Crippen LogP contribution in [0.25, 0.3) is 0 Å². The van der Waals surface area contributed by atoms with Crippen LogP contribution in [-0.4, -0.2) is 44.5 Å². The fraction of sp³-hybridized carbons (Fsp3) is 0.500. The fourth-order valence-corrected chi connectivity index (χ4v) is 3.23. The highest BCUT2D eigenvalue weighted by molar-refractivity contribution is 7.89. The van der Waals surface area contributed by atoms with Crippen LogP contribution >= 0.6 is 0 Å². The Labute approximate surface area is 125 Å². The van der Waals surface area contributed by atoms with Crippen LogP contribution in [-0.2, 0) is 10.0 Å². The van der Waals surface area contributed by atoms with Gasteiger partial charge >= 0.3 is 5.97 Å². The van der Waals surface area contributed by atoms with Gasteiger partial charge in [0.25, 0.3) is 0 Å². The number of aromatic carboxylic acids is 1. The van der Waals surface area contributed by atoms with Gasteiger partial charge in [-0.2, -0.15) is 0 Å². The van der Waals surface area contributed by atoms with Crippen molar-refractivity contribution < 1.29 is 23.1 Å². The molecule has 0 atom stereocenters. The third-order valence-corrected chi connectivity index (χ3v) is 5.07. The van der Waals surface area contributed by atoms with Gasteiger partial charge in [-0.1, -0.05) is 19.8 Å². The van der Waals surface area contributed by atoms with E-state index in [4.69, 9.17) is 9.84 Å². The second-order valence-corrected chi connectivity index (χ2v) is 6.72. The van der Waals surface area contributed by atoms with E-state index in [9.17, 15) is 13.2 Å². The summed E-state index contributed by atoms with van der Waals surface area (Å²) < 4.78 is 31.3. The molecule has 0 radical (unpaired) electrons. The number of carbonyl (C=O) groups is 1. The molecule has 0 bridgehead atoms. The Bertz CT molecular complexity index is 597. The molecule has 0 aromatic heterocycles. The summed E-state index contributed by atoms with van der Waals surface area (Å²) in [5, 5.41) is 8.94. The normalized spacial score (nSPS) is 11.6. The molecule has 6 nitrogen and oxygen atoms in total. The second kappa shape index (κ2) is 7.42. The van der Waals surface area contributed by atoms with Crippen molar-refractivity contribution in [2.75, 3.05) is 20.7 Å². The van der Waals surface area contributed by atoms with Gasteiger partial charge in [-0.3, -0.25) is 0 Å². The van der Waals surface area contributed by atoms with Gasteiger partial charge in [0.05, 0.1) is 12.7 Å². The lowest BCUT2D eigenvalue weighted by Gasteiger charge is -2.19. The molecule has 1 N–H and O–H groups in total. The molecule has 7 heteroatoms. The lowest BCUT2D eigenvalue weighted by Crippen LogP contribution is -2.28. The Kier molecular flexibility index (Phi) is 6.17. The average Bonchev–Trinajstić information content (AvgIpc) is 2.46. The van der Waals surface area contributed by atoms with Crippen LogP contribution in [0.1, 0.15) is 36.5 Å². The van der Waals surface area contributed by atoms with Gasteiger partial charge in [0, 0.05) is 13.6 Å². The van der Waals surface area contributed by atoms with Crippen molar-refractivity contribution in [2.45, 2.75) is 31.1 Å². The molecular weight excluding hydrogens is 294 g/mol. The van der Waals surface area contributed by atoms with E-state index in [1.54, 1.807) is 0 Å². The smallest absolute Gasteiger partial charge is 0.335 e. The second-order valence-electron chi connectivity index (χ2n) is 4.70. The number of rotatable bonds is 8. The Balaban J connectivity index is 3.10. The van der Waals surface area contributed by atoms with Crippen molar-refractivity contribution in [3.63, 3.8) is 0 Å². The molecule has 1 rings (SSSR count). The molecule has 0 aliphatic carbocycles. The summed E-state index contributed by atoms with van der Waals surface area (Å²) in [4.78, 5) is 10.9. The first-order valence-corrected chi connectivity index (χ1v) is 8.16. The predicted octanol–water partition coefficient (Wildman–Crippen LogP) is 2.20. The fourth-order valence-electron chi connectivity index (χ4n) is 1.89. The van der Waals surface area contributed by atoms with Crippen molar-refractivity contribution in [1.82, 2.24) is 4.31 Å².